The molecule has 0 spiro atoms. The maximum Gasteiger partial charge on any atom is 0.253 e. The number of aliphatic hydroxyl groups is 1. The lowest BCUT2D eigenvalue weighted by Crippen LogP contribution is -2.41. The molecule has 0 bridgehead atoms. The summed E-state index contributed by atoms with van der Waals surface area (Å²) >= 11 is 0. The van der Waals surface area contributed by atoms with Crippen molar-refractivity contribution < 1.29 is 18.3 Å². The summed E-state index contributed by atoms with van der Waals surface area (Å²) in [5, 5.41) is 14.3. The van der Waals surface area contributed by atoms with Gasteiger partial charge in [-0.25, -0.2) is 8.42 Å². The summed E-state index contributed by atoms with van der Waals surface area (Å²) in [4.78, 5) is 13.2. The third-order valence-electron chi connectivity index (χ3n) is 6.66. The molecule has 174 valence electrons. The molecule has 3 aromatic carbocycles. The van der Waals surface area contributed by atoms with Gasteiger partial charge in [-0.3, -0.25) is 4.79 Å². The predicted octanol–water partition coefficient (Wildman–Crippen LogP) is 3.72. The lowest BCUT2D eigenvalue weighted by Gasteiger charge is -2.25. The zero-order valence-electron chi connectivity index (χ0n) is 18.8. The number of aliphatic hydroxyl groups excluding tert-OH is 1. The van der Waals surface area contributed by atoms with Gasteiger partial charge in [0, 0.05) is 29.7 Å². The summed E-state index contributed by atoms with van der Waals surface area (Å²) in [6.45, 7) is 0. The van der Waals surface area contributed by atoms with Crippen molar-refractivity contribution >= 4 is 26.6 Å². The normalized spacial score (nSPS) is 16.7. The van der Waals surface area contributed by atoms with E-state index in [1.54, 1.807) is 66.7 Å². The number of benzene rings is 3. The van der Waals surface area contributed by atoms with E-state index in [-0.39, 0.29) is 15.8 Å². The lowest BCUT2D eigenvalue weighted by atomic mass is 9.91. The molecule has 7 heteroatoms. The van der Waals surface area contributed by atoms with Gasteiger partial charge in [0.1, 0.15) is 0 Å². The van der Waals surface area contributed by atoms with Gasteiger partial charge in [0.25, 0.3) is 5.91 Å². The van der Waals surface area contributed by atoms with Crippen LogP contribution in [0.5, 0.6) is 0 Å². The zero-order valence-corrected chi connectivity index (χ0v) is 19.6. The van der Waals surface area contributed by atoms with Gasteiger partial charge >= 0.3 is 0 Å². The van der Waals surface area contributed by atoms with Gasteiger partial charge in [-0.2, -0.15) is 0 Å². The number of amides is 1. The number of hydrogen-bond acceptors (Lipinski definition) is 4. The summed E-state index contributed by atoms with van der Waals surface area (Å²) < 4.78 is 28.5. The zero-order chi connectivity index (χ0) is 23.9. The number of fused-ring (bicyclic) bond motifs is 3. The van der Waals surface area contributed by atoms with E-state index >= 15 is 0 Å². The number of aromatic nitrogens is 1. The van der Waals surface area contributed by atoms with Crippen molar-refractivity contribution in [2.45, 2.75) is 41.2 Å². The summed E-state index contributed by atoms with van der Waals surface area (Å²) in [5.41, 5.74) is 3.72. The Labute approximate surface area is 198 Å². The first-order valence-corrected chi connectivity index (χ1v) is 12.8. The molecule has 6 nitrogen and oxygen atoms in total. The van der Waals surface area contributed by atoms with Gasteiger partial charge in [-0.15, -0.1) is 0 Å². The molecule has 34 heavy (non-hydrogen) atoms. The van der Waals surface area contributed by atoms with Crippen molar-refractivity contribution in [3.05, 3.63) is 95.7 Å². The van der Waals surface area contributed by atoms with Crippen molar-refractivity contribution in [2.24, 2.45) is 7.05 Å². The molecule has 4 aromatic rings. The van der Waals surface area contributed by atoms with E-state index in [9.17, 15) is 18.3 Å². The standard InChI is InChI=1S/C27H26N2O4S/c1-29-24-14-12-19(28-27(31)26(30)18-8-4-2-5-9-18)16-22(24)23-17-21(13-15-25(23)29)34(32,33)20-10-6-3-7-11-20/h2-11,13,15,17,19,26,30H,12,14,16H2,1H3,(H,28,31). The van der Waals surface area contributed by atoms with Crippen molar-refractivity contribution in [1.29, 1.82) is 0 Å². The molecule has 0 saturated carbocycles. The van der Waals surface area contributed by atoms with Crippen molar-refractivity contribution in [3.8, 4) is 0 Å². The van der Waals surface area contributed by atoms with Crippen LogP contribution in [-0.2, 0) is 34.5 Å². The average molecular weight is 475 g/mol. The number of sulfone groups is 1. The number of carbonyl (C=O) groups is 1. The number of nitrogens with one attached hydrogen (secondary N) is 1. The number of rotatable bonds is 5. The largest absolute Gasteiger partial charge is 0.378 e. The minimum absolute atomic E-state index is 0.140. The van der Waals surface area contributed by atoms with Crippen LogP contribution in [0.15, 0.2) is 88.7 Å². The highest BCUT2D eigenvalue weighted by molar-refractivity contribution is 7.91. The fraction of sp³-hybridized carbons (Fsp3) is 0.222. The molecule has 1 aliphatic rings. The molecule has 1 aromatic heterocycles. The topological polar surface area (TPSA) is 88.4 Å². The molecule has 1 amide bonds. The molecule has 2 unspecified atom stereocenters. The van der Waals surface area contributed by atoms with E-state index in [2.05, 4.69) is 9.88 Å². The minimum Gasteiger partial charge on any atom is -0.378 e. The van der Waals surface area contributed by atoms with E-state index in [1.807, 2.05) is 19.2 Å². The van der Waals surface area contributed by atoms with Gasteiger partial charge in [0.15, 0.2) is 6.10 Å². The SMILES string of the molecule is Cn1c2c(c3cc(S(=O)(=O)c4ccccc4)ccc31)CC(NC(=O)C(O)c1ccccc1)CC2. The summed E-state index contributed by atoms with van der Waals surface area (Å²) in [6.07, 6.45) is 0.861. The van der Waals surface area contributed by atoms with Gasteiger partial charge in [-0.1, -0.05) is 48.5 Å². The second-order valence-corrected chi connectivity index (χ2v) is 10.7. The highest BCUT2D eigenvalue weighted by Gasteiger charge is 2.28. The quantitative estimate of drug-likeness (QED) is 0.462. The summed E-state index contributed by atoms with van der Waals surface area (Å²) in [6, 6.07) is 22.4. The fourth-order valence-electron chi connectivity index (χ4n) is 4.85. The van der Waals surface area contributed by atoms with E-state index in [0.29, 0.717) is 12.0 Å². The second-order valence-electron chi connectivity index (χ2n) is 8.74. The first-order chi connectivity index (χ1) is 16.4. The van der Waals surface area contributed by atoms with Crippen molar-refractivity contribution in [3.63, 3.8) is 0 Å². The Balaban J connectivity index is 1.45. The van der Waals surface area contributed by atoms with Gasteiger partial charge in [-0.05, 0) is 60.7 Å². The molecular weight excluding hydrogens is 448 g/mol. The van der Waals surface area contributed by atoms with E-state index in [1.165, 1.54) is 0 Å². The van der Waals surface area contributed by atoms with E-state index in [0.717, 1.165) is 35.0 Å². The van der Waals surface area contributed by atoms with Crippen LogP contribution in [0, 0.1) is 0 Å². The Kier molecular flexibility index (Phi) is 5.75. The number of hydrogen-bond donors (Lipinski definition) is 2. The molecule has 0 aliphatic heterocycles. The summed E-state index contributed by atoms with van der Waals surface area (Å²) in [5.74, 6) is -0.424. The third-order valence-corrected chi connectivity index (χ3v) is 8.43. The molecule has 0 radical (unpaired) electrons. The molecular formula is C27H26N2O4S. The number of aryl methyl sites for hydroxylation is 1. The Morgan fingerprint density at radius 3 is 2.38 bits per heavy atom. The van der Waals surface area contributed by atoms with Crippen LogP contribution in [0.2, 0.25) is 0 Å². The Morgan fingerprint density at radius 1 is 1.00 bits per heavy atom. The second kappa shape index (κ2) is 8.74. The van der Waals surface area contributed by atoms with Crippen LogP contribution in [0.25, 0.3) is 10.9 Å². The number of carbonyl (C=O) groups excluding carboxylic acids is 1. The smallest absolute Gasteiger partial charge is 0.253 e. The van der Waals surface area contributed by atoms with Crippen LogP contribution in [0.4, 0.5) is 0 Å². The molecule has 2 N–H and O–H groups in total. The Morgan fingerprint density at radius 2 is 1.68 bits per heavy atom. The first-order valence-electron chi connectivity index (χ1n) is 11.3. The average Bonchev–Trinajstić information content (AvgIpc) is 3.15. The highest BCUT2D eigenvalue weighted by atomic mass is 32.2. The van der Waals surface area contributed by atoms with Crippen LogP contribution in [-0.4, -0.2) is 30.0 Å². The molecule has 0 saturated heterocycles. The van der Waals surface area contributed by atoms with Crippen LogP contribution >= 0.6 is 0 Å². The van der Waals surface area contributed by atoms with Crippen LogP contribution in [0.1, 0.15) is 29.3 Å². The van der Waals surface area contributed by atoms with E-state index < -0.39 is 21.8 Å². The maximum atomic E-state index is 13.2. The predicted molar refractivity (Wildman–Crippen MR) is 130 cm³/mol. The monoisotopic (exact) mass is 474 g/mol. The Hall–Kier alpha value is -3.42. The molecule has 5 rings (SSSR count). The molecule has 1 heterocycles. The maximum absolute atomic E-state index is 13.2. The van der Waals surface area contributed by atoms with Crippen molar-refractivity contribution in [1.82, 2.24) is 9.88 Å². The Bertz CT molecular complexity index is 1460. The lowest BCUT2D eigenvalue weighted by molar-refractivity contribution is -0.130. The van der Waals surface area contributed by atoms with Gasteiger partial charge in [0.2, 0.25) is 9.84 Å². The minimum atomic E-state index is -3.63. The molecule has 0 fully saturated rings. The first kappa shape index (κ1) is 22.4. The van der Waals surface area contributed by atoms with Gasteiger partial charge < -0.3 is 15.0 Å². The van der Waals surface area contributed by atoms with Gasteiger partial charge in [0.05, 0.1) is 9.79 Å². The van der Waals surface area contributed by atoms with Crippen molar-refractivity contribution in [2.75, 3.05) is 0 Å². The summed E-state index contributed by atoms with van der Waals surface area (Å²) in [7, 11) is -1.64. The highest BCUT2D eigenvalue weighted by Crippen LogP contribution is 2.34. The molecule has 1 aliphatic carbocycles. The fourth-order valence-corrected chi connectivity index (χ4v) is 6.16. The van der Waals surface area contributed by atoms with Crippen LogP contribution in [0.3, 0.4) is 0 Å². The van der Waals surface area contributed by atoms with Crippen LogP contribution < -0.4 is 5.32 Å². The number of nitrogens with zero attached hydrogens (tertiary/aromatic N) is 1. The van der Waals surface area contributed by atoms with E-state index in [4.69, 9.17) is 0 Å². The third kappa shape index (κ3) is 3.91. The molecule has 2 atom stereocenters.